The van der Waals surface area contributed by atoms with Gasteiger partial charge in [0.25, 0.3) is 11.8 Å². The quantitative estimate of drug-likeness (QED) is 0.0224. The number of aromatic nitrogens is 1. The first-order chi connectivity index (χ1) is 50.0. The summed E-state index contributed by atoms with van der Waals surface area (Å²) in [6.45, 7) is 6.46. The van der Waals surface area contributed by atoms with Crippen LogP contribution in [0.15, 0.2) is 79.0 Å². The van der Waals surface area contributed by atoms with E-state index in [-0.39, 0.29) is 143 Å². The van der Waals surface area contributed by atoms with Crippen LogP contribution in [0.4, 0.5) is 5.69 Å². The summed E-state index contributed by atoms with van der Waals surface area (Å²) in [4.78, 5) is 137. The first-order valence-corrected chi connectivity index (χ1v) is 35.6. The molecule has 31 nitrogen and oxygen atoms in total. The lowest BCUT2D eigenvalue weighted by Crippen LogP contribution is -2.51. The molecule has 0 spiro atoms. The highest BCUT2D eigenvalue weighted by molar-refractivity contribution is 7.80. The van der Waals surface area contributed by atoms with Crippen molar-refractivity contribution in [1.29, 1.82) is 5.26 Å². The average molecular weight is 1470 g/mol. The van der Waals surface area contributed by atoms with Crippen molar-refractivity contribution < 1.29 is 87.3 Å². The van der Waals surface area contributed by atoms with Crippen molar-refractivity contribution in [2.45, 2.75) is 115 Å². The number of nitrogens with zero attached hydrogens (tertiary/aromatic N) is 6. The third kappa shape index (κ3) is 31.6. The second-order valence-corrected chi connectivity index (χ2v) is 26.3. The number of unbranched alkanes of at least 4 members (excludes halogenated alkanes) is 2. The monoisotopic (exact) mass is 1470 g/mol. The number of carboxylic acids is 4. The van der Waals surface area contributed by atoms with E-state index < -0.39 is 71.7 Å². The van der Waals surface area contributed by atoms with Gasteiger partial charge in [0.1, 0.15) is 23.9 Å². The van der Waals surface area contributed by atoms with Gasteiger partial charge >= 0.3 is 23.9 Å². The molecular formula is C72H99N13O18S. The zero-order valence-corrected chi connectivity index (χ0v) is 59.9. The smallest absolute Gasteiger partial charge is 0.326 e. The van der Waals surface area contributed by atoms with Crippen LogP contribution >= 0.6 is 12.2 Å². The molecule has 2 aliphatic rings. The summed E-state index contributed by atoms with van der Waals surface area (Å²) >= 11 is 5.58. The molecule has 6 rings (SSSR count). The van der Waals surface area contributed by atoms with Crippen LogP contribution in [0.2, 0.25) is 0 Å². The summed E-state index contributed by atoms with van der Waals surface area (Å²) in [5.41, 5.74) is 4.30. The zero-order valence-electron chi connectivity index (χ0n) is 59.1. The van der Waals surface area contributed by atoms with E-state index in [0.29, 0.717) is 104 Å². The molecule has 2 aliphatic heterocycles. The minimum Gasteiger partial charge on any atom is -0.484 e. The normalized spacial score (nSPS) is 15.6. The number of nitrogens with one attached hydrogen (secondary N) is 7. The fourth-order valence-electron chi connectivity index (χ4n) is 11.9. The SMILES string of the molecule is CC(C)Cc1ccc(CC(=O)NCCCC[C@H](NC(=O)[C@H](CCCCNC(=S)Nc2ccc(CC3CN(CC(=O)O)CCN(CC(=O)O)CCN3CC(=O)O)cc2)NC(=O)CCOCCOCCOCCNC(=O)COc2ccc3c(C(=O)NCC(=O)N4CCC[C@H]4C#N)ccnc3c2)C(=O)O)cc1. The van der Waals surface area contributed by atoms with Gasteiger partial charge in [-0.3, -0.25) is 62.8 Å². The average Bonchev–Trinajstić information content (AvgIpc) is 1.76. The standard InChI is InChI=1S/C72H99N13O18S/c1-49(2)38-50-11-13-52(14-12-50)40-63(87)75-23-5-4-10-60(71(98)99)81-70(97)59(9-3-6-24-77-72(104)79-53-17-15-51(16-18-53)39-55-44-83(46-67(92)93)29-28-82(45-66(90)91)30-31-84(55)47-68(94)95)80-62(86)22-32-100-34-36-102-37-35-101-33-26-76-64(88)48-103-56-19-20-57-58(21-25-74-61(57)41-56)69(96)78-43-65(89)85-27-7-8-54(85)42-73/h11-21,25,41,49,54-55,59-60H,3-10,22-24,26-40,43-48H2,1-2H3,(H,75,87)(H,76,88)(H,78,96)(H,80,86)(H,81,97)(H,90,91)(H,92,93)(H,94,95)(H,98,99)(H2,77,79,104)/t54-,55?,59-,60-/m0/s1. The molecule has 2 fully saturated rings. The zero-order chi connectivity index (χ0) is 75.2. The predicted octanol–water partition coefficient (Wildman–Crippen LogP) is 2.44. The summed E-state index contributed by atoms with van der Waals surface area (Å²) in [5, 5.41) is 69.0. The number of aliphatic carboxylic acids is 4. The molecule has 1 aromatic heterocycles. The minimum absolute atomic E-state index is 0.0116. The number of carboxylic acid groups (broad SMARTS) is 4. The Morgan fingerprint density at radius 2 is 1.27 bits per heavy atom. The topological polar surface area (TPSA) is 422 Å². The first-order valence-electron chi connectivity index (χ1n) is 35.2. The maximum atomic E-state index is 13.8. The third-order valence-corrected chi connectivity index (χ3v) is 17.4. The summed E-state index contributed by atoms with van der Waals surface area (Å²) in [7, 11) is 0. The van der Waals surface area contributed by atoms with Gasteiger partial charge in [0, 0.05) is 94.7 Å². The van der Waals surface area contributed by atoms with Crippen LogP contribution < -0.4 is 42.0 Å². The summed E-state index contributed by atoms with van der Waals surface area (Å²) in [6, 6.07) is 20.4. The van der Waals surface area contributed by atoms with Crippen LogP contribution in [0.5, 0.6) is 5.75 Å². The Hall–Kier alpha value is -9.49. The van der Waals surface area contributed by atoms with Crippen LogP contribution in [0.25, 0.3) is 10.9 Å². The number of rotatable bonds is 45. The Bertz CT molecular complexity index is 3530. The van der Waals surface area contributed by atoms with E-state index >= 15 is 0 Å². The largest absolute Gasteiger partial charge is 0.484 e. The van der Waals surface area contributed by atoms with Crippen molar-refractivity contribution in [2.75, 3.05) is 137 Å². The summed E-state index contributed by atoms with van der Waals surface area (Å²) < 4.78 is 22.4. The number of ether oxygens (including phenoxy) is 4. The van der Waals surface area contributed by atoms with Crippen LogP contribution in [0, 0.1) is 17.2 Å². The first kappa shape index (κ1) is 83.5. The van der Waals surface area contributed by atoms with Crippen molar-refractivity contribution in [3.8, 4) is 11.8 Å². The molecule has 0 aliphatic carbocycles. The Balaban J connectivity index is 0.895. The third-order valence-electron chi connectivity index (χ3n) is 17.1. The highest BCUT2D eigenvalue weighted by Crippen LogP contribution is 2.24. The molecule has 0 saturated carbocycles. The van der Waals surface area contributed by atoms with E-state index in [1.165, 1.54) is 22.7 Å². The fraction of sp³-hybridized carbons (Fsp3) is 0.542. The number of hydrogen-bond acceptors (Lipinski definition) is 20. The summed E-state index contributed by atoms with van der Waals surface area (Å²) in [6.07, 6.45) is 6.13. The number of benzene rings is 3. The van der Waals surface area contributed by atoms with Crippen molar-refractivity contribution in [1.82, 2.24) is 56.5 Å². The second kappa shape index (κ2) is 45.6. The molecule has 0 bridgehead atoms. The molecule has 104 heavy (non-hydrogen) atoms. The number of carbonyl (C=O) groups is 10. The Morgan fingerprint density at radius 3 is 1.95 bits per heavy atom. The van der Waals surface area contributed by atoms with Gasteiger partial charge in [0.15, 0.2) is 11.7 Å². The molecule has 1 unspecified atom stereocenters. The van der Waals surface area contributed by atoms with Gasteiger partial charge in [-0.05, 0) is 129 Å². The number of fused-ring (bicyclic) bond motifs is 1. The van der Waals surface area contributed by atoms with Gasteiger partial charge in [-0.1, -0.05) is 50.2 Å². The van der Waals surface area contributed by atoms with E-state index in [0.717, 1.165) is 24.0 Å². The number of likely N-dealkylation sites (tertiary alicyclic amines) is 1. The molecule has 4 atom stereocenters. The van der Waals surface area contributed by atoms with Gasteiger partial charge in [-0.25, -0.2) is 4.79 Å². The molecule has 11 N–H and O–H groups in total. The minimum atomic E-state index is -1.27. The van der Waals surface area contributed by atoms with Gasteiger partial charge in [0.05, 0.1) is 89.4 Å². The molecule has 3 aromatic carbocycles. The summed E-state index contributed by atoms with van der Waals surface area (Å²) in [5.74, 6) is -6.13. The fourth-order valence-corrected chi connectivity index (χ4v) is 12.1. The maximum Gasteiger partial charge on any atom is 0.326 e. The van der Waals surface area contributed by atoms with Crippen molar-refractivity contribution in [3.63, 3.8) is 0 Å². The molecule has 4 aromatic rings. The Labute approximate surface area is 610 Å². The number of hydrogen-bond donors (Lipinski definition) is 11. The molecule has 6 amide bonds. The molecule has 0 radical (unpaired) electrons. The van der Waals surface area contributed by atoms with Gasteiger partial charge in [0.2, 0.25) is 23.6 Å². The molecular weight excluding hydrogens is 1370 g/mol. The number of nitriles is 1. The number of amides is 6. The molecule has 2 saturated heterocycles. The van der Waals surface area contributed by atoms with E-state index in [1.54, 1.807) is 45.0 Å². The van der Waals surface area contributed by atoms with Crippen LogP contribution in [0.3, 0.4) is 0 Å². The van der Waals surface area contributed by atoms with Crippen molar-refractivity contribution in [2.24, 2.45) is 5.92 Å². The van der Waals surface area contributed by atoms with E-state index in [1.807, 2.05) is 36.4 Å². The van der Waals surface area contributed by atoms with E-state index in [4.69, 9.17) is 31.2 Å². The van der Waals surface area contributed by atoms with Gasteiger partial charge < -0.3 is 81.5 Å². The lowest BCUT2D eigenvalue weighted by molar-refractivity contribution is -0.142. The lowest BCUT2D eigenvalue weighted by atomic mass is 10.0. The Morgan fingerprint density at radius 1 is 0.644 bits per heavy atom. The number of carbonyl (C=O) groups excluding carboxylic acids is 6. The van der Waals surface area contributed by atoms with Crippen LogP contribution in [0.1, 0.15) is 98.7 Å². The van der Waals surface area contributed by atoms with Crippen LogP contribution in [-0.2, 0) is 76.6 Å². The number of thiocarbonyl (C=S) groups is 1. The highest BCUT2D eigenvalue weighted by atomic mass is 32.1. The highest BCUT2D eigenvalue weighted by Gasteiger charge is 2.31. The van der Waals surface area contributed by atoms with Crippen molar-refractivity contribution >= 4 is 93.2 Å². The van der Waals surface area contributed by atoms with Gasteiger partial charge in [-0.15, -0.1) is 0 Å². The van der Waals surface area contributed by atoms with Crippen LogP contribution in [-0.4, -0.2) is 265 Å². The Kier molecular flexibility index (Phi) is 36.6. The van der Waals surface area contributed by atoms with E-state index in [9.17, 15) is 73.6 Å². The molecule has 3 heterocycles. The maximum absolute atomic E-state index is 13.8. The number of pyridine rings is 1. The molecule has 32 heteroatoms. The predicted molar refractivity (Wildman–Crippen MR) is 386 cm³/mol. The van der Waals surface area contributed by atoms with E-state index in [2.05, 4.69) is 62.1 Å². The number of anilines is 1. The van der Waals surface area contributed by atoms with Gasteiger partial charge in [-0.2, -0.15) is 5.26 Å². The molecule has 566 valence electrons. The lowest BCUT2D eigenvalue weighted by Gasteiger charge is -2.33. The van der Waals surface area contributed by atoms with Crippen molar-refractivity contribution in [3.05, 3.63) is 101 Å². The second-order valence-electron chi connectivity index (χ2n) is 25.9.